The normalized spacial score (nSPS) is 17.5. The summed E-state index contributed by atoms with van der Waals surface area (Å²) in [4.78, 5) is 18.3. The van der Waals surface area contributed by atoms with Crippen LogP contribution in [0.15, 0.2) is 18.3 Å². The zero-order valence-corrected chi connectivity index (χ0v) is 13.4. The van der Waals surface area contributed by atoms with Gasteiger partial charge in [0.2, 0.25) is 0 Å². The number of anilines is 1. The van der Waals surface area contributed by atoms with Crippen LogP contribution in [-0.4, -0.2) is 43.0 Å². The third-order valence-corrected chi connectivity index (χ3v) is 4.17. The Labute approximate surface area is 133 Å². The second kappa shape index (κ2) is 6.74. The number of carbonyl (C=O) groups is 1. The second-order valence-electron chi connectivity index (χ2n) is 6.09. The lowest BCUT2D eigenvalue weighted by molar-refractivity contribution is -0.416. The maximum atomic E-state index is 13.1. The highest BCUT2D eigenvalue weighted by molar-refractivity contribution is 5.80. The first kappa shape index (κ1) is 17.5. The molecule has 1 aromatic heterocycles. The fraction of sp³-hybridized carbons (Fsp3) is 0.600. The van der Waals surface area contributed by atoms with Crippen molar-refractivity contribution in [2.45, 2.75) is 26.1 Å². The summed E-state index contributed by atoms with van der Waals surface area (Å²) >= 11 is 0. The number of amides is 1. The van der Waals surface area contributed by atoms with Gasteiger partial charge in [0.05, 0.1) is 19.3 Å². The Morgan fingerprint density at radius 2 is 1.87 bits per heavy atom. The van der Waals surface area contributed by atoms with Crippen LogP contribution in [0.1, 0.15) is 19.4 Å². The number of aromatic nitrogens is 1. The molecule has 1 aliphatic heterocycles. The molecule has 128 valence electrons. The van der Waals surface area contributed by atoms with Gasteiger partial charge in [0, 0.05) is 5.92 Å². The van der Waals surface area contributed by atoms with E-state index in [1.54, 1.807) is 9.80 Å². The van der Waals surface area contributed by atoms with Gasteiger partial charge in [-0.3, -0.25) is 9.69 Å². The lowest BCUT2D eigenvalue weighted by Crippen LogP contribution is -2.71. The summed E-state index contributed by atoms with van der Waals surface area (Å²) < 4.78 is 39.3. The van der Waals surface area contributed by atoms with Crippen LogP contribution in [0.25, 0.3) is 0 Å². The molecule has 1 fully saturated rings. The molecule has 0 bridgehead atoms. The average molecular weight is 332 g/mol. The van der Waals surface area contributed by atoms with Crippen LogP contribution in [0.3, 0.4) is 0 Å². The van der Waals surface area contributed by atoms with Gasteiger partial charge in [0.25, 0.3) is 11.7 Å². The summed E-state index contributed by atoms with van der Waals surface area (Å²) in [5.41, 5.74) is 3.19. The lowest BCUT2D eigenvalue weighted by atomic mass is 10.0. The molecule has 1 aliphatic rings. The van der Waals surface area contributed by atoms with E-state index in [1.807, 2.05) is 13.8 Å². The van der Waals surface area contributed by atoms with Gasteiger partial charge in [0.15, 0.2) is 6.04 Å². The van der Waals surface area contributed by atoms with Crippen LogP contribution in [0.5, 0.6) is 0 Å². The van der Waals surface area contributed by atoms with Crippen LogP contribution >= 0.6 is 0 Å². The van der Waals surface area contributed by atoms with Gasteiger partial charge in [-0.2, -0.15) is 13.2 Å². The molecule has 1 atom stereocenters. The SMILES string of the molecule is CC(C)[C@H]([NH3+])C(=O)N1CCN(c2[nH+]cccc2C(F)(F)F)CC1. The molecule has 0 spiro atoms. The summed E-state index contributed by atoms with van der Waals surface area (Å²) in [6.07, 6.45) is -2.93. The molecule has 4 N–H and O–H groups in total. The number of quaternary nitrogens is 1. The number of halogens is 3. The van der Waals surface area contributed by atoms with Crippen molar-refractivity contribution in [3.05, 3.63) is 23.9 Å². The van der Waals surface area contributed by atoms with E-state index in [-0.39, 0.29) is 23.7 Å². The molecule has 0 aromatic carbocycles. The third kappa shape index (κ3) is 3.93. The first-order valence-electron chi connectivity index (χ1n) is 7.66. The van der Waals surface area contributed by atoms with Crippen LogP contribution in [0.4, 0.5) is 19.0 Å². The summed E-state index contributed by atoms with van der Waals surface area (Å²) in [6.45, 7) is 5.39. The number of nitrogens with one attached hydrogen (secondary N) is 1. The topological polar surface area (TPSA) is 65.3 Å². The zero-order chi connectivity index (χ0) is 17.2. The summed E-state index contributed by atoms with van der Waals surface area (Å²) in [6, 6.07) is 2.08. The first-order valence-corrected chi connectivity index (χ1v) is 7.66. The van der Waals surface area contributed by atoms with Crippen molar-refractivity contribution >= 4 is 11.7 Å². The number of rotatable bonds is 3. The fourth-order valence-electron chi connectivity index (χ4n) is 2.59. The maximum Gasteiger partial charge on any atom is 0.424 e. The van der Waals surface area contributed by atoms with E-state index in [0.29, 0.717) is 26.2 Å². The molecule has 0 aliphatic carbocycles. The number of H-pyrrole nitrogens is 1. The Bertz CT molecular complexity index is 554. The number of alkyl halides is 3. The Morgan fingerprint density at radius 1 is 1.26 bits per heavy atom. The molecule has 2 heterocycles. The molecule has 1 aromatic rings. The van der Waals surface area contributed by atoms with Gasteiger partial charge >= 0.3 is 6.18 Å². The van der Waals surface area contributed by atoms with Crippen LogP contribution in [-0.2, 0) is 11.0 Å². The summed E-state index contributed by atoms with van der Waals surface area (Å²) in [5.74, 6) is 0.162. The Hall–Kier alpha value is -1.83. The predicted molar refractivity (Wildman–Crippen MR) is 78.3 cm³/mol. The van der Waals surface area contributed by atoms with E-state index in [1.165, 1.54) is 12.3 Å². The number of hydrogen-bond acceptors (Lipinski definition) is 2. The molecular formula is C15H23F3N4O+2. The van der Waals surface area contributed by atoms with E-state index >= 15 is 0 Å². The standard InChI is InChI=1S/C15H21F3N4O/c1-10(2)12(19)14(23)22-8-6-21(7-9-22)13-11(15(16,17)18)4-3-5-20-13/h3-5,10,12H,6-9,19H2,1-2H3/p+2/t12-/m0/s1. The van der Waals surface area contributed by atoms with Crippen LogP contribution in [0.2, 0.25) is 0 Å². The van der Waals surface area contributed by atoms with Gasteiger partial charge in [-0.15, -0.1) is 0 Å². The second-order valence-corrected chi connectivity index (χ2v) is 6.09. The number of piperazine rings is 1. The van der Waals surface area contributed by atoms with Gasteiger partial charge in [-0.25, -0.2) is 4.98 Å². The minimum atomic E-state index is -4.41. The monoisotopic (exact) mass is 332 g/mol. The van der Waals surface area contributed by atoms with Gasteiger partial charge in [-0.1, -0.05) is 13.8 Å². The molecule has 2 rings (SSSR count). The average Bonchev–Trinajstić information content (AvgIpc) is 2.52. The van der Waals surface area contributed by atoms with E-state index in [2.05, 4.69) is 10.7 Å². The largest absolute Gasteiger partial charge is 0.424 e. The van der Waals surface area contributed by atoms with Gasteiger partial charge in [0.1, 0.15) is 18.7 Å². The van der Waals surface area contributed by atoms with Crippen LogP contribution in [0, 0.1) is 5.92 Å². The van der Waals surface area contributed by atoms with E-state index in [9.17, 15) is 18.0 Å². The van der Waals surface area contributed by atoms with Crippen molar-refractivity contribution in [1.29, 1.82) is 0 Å². The van der Waals surface area contributed by atoms with Crippen molar-refractivity contribution in [2.75, 3.05) is 31.1 Å². The van der Waals surface area contributed by atoms with Crippen molar-refractivity contribution in [2.24, 2.45) is 5.92 Å². The number of carbonyl (C=O) groups excluding carboxylic acids is 1. The Kier molecular flexibility index (Phi) is 5.13. The highest BCUT2D eigenvalue weighted by atomic mass is 19.4. The maximum absolute atomic E-state index is 13.1. The van der Waals surface area contributed by atoms with E-state index < -0.39 is 11.7 Å². The molecule has 1 saturated heterocycles. The fourth-order valence-corrected chi connectivity index (χ4v) is 2.59. The van der Waals surface area contributed by atoms with Gasteiger partial charge in [-0.05, 0) is 12.1 Å². The molecule has 5 nitrogen and oxygen atoms in total. The molecule has 0 radical (unpaired) electrons. The number of aromatic amines is 1. The van der Waals surface area contributed by atoms with Crippen molar-refractivity contribution in [3.63, 3.8) is 0 Å². The van der Waals surface area contributed by atoms with Crippen molar-refractivity contribution in [1.82, 2.24) is 4.90 Å². The minimum Gasteiger partial charge on any atom is -0.347 e. The van der Waals surface area contributed by atoms with Gasteiger partial charge < -0.3 is 10.6 Å². The minimum absolute atomic E-state index is 0.0345. The molecule has 8 heteroatoms. The van der Waals surface area contributed by atoms with Crippen molar-refractivity contribution in [3.8, 4) is 0 Å². The van der Waals surface area contributed by atoms with E-state index in [4.69, 9.17) is 0 Å². The smallest absolute Gasteiger partial charge is 0.347 e. The van der Waals surface area contributed by atoms with E-state index in [0.717, 1.165) is 6.07 Å². The lowest BCUT2D eigenvalue weighted by Gasteiger charge is -2.32. The number of pyridine rings is 1. The highest BCUT2D eigenvalue weighted by Gasteiger charge is 2.40. The molecular weight excluding hydrogens is 309 g/mol. The molecule has 0 saturated carbocycles. The zero-order valence-electron chi connectivity index (χ0n) is 13.4. The summed E-state index contributed by atoms with van der Waals surface area (Å²) in [7, 11) is 0. The third-order valence-electron chi connectivity index (χ3n) is 4.17. The van der Waals surface area contributed by atoms with Crippen molar-refractivity contribution < 1.29 is 28.7 Å². The molecule has 1 amide bonds. The quantitative estimate of drug-likeness (QED) is 0.873. The molecule has 23 heavy (non-hydrogen) atoms. The Morgan fingerprint density at radius 3 is 2.39 bits per heavy atom. The predicted octanol–water partition coefficient (Wildman–Crippen LogP) is 0.435. The first-order chi connectivity index (χ1) is 10.7. The Balaban J connectivity index is 2.07. The van der Waals surface area contributed by atoms with Crippen LogP contribution < -0.4 is 15.6 Å². The molecule has 0 unspecified atom stereocenters. The highest BCUT2D eigenvalue weighted by Crippen LogP contribution is 2.34. The summed E-state index contributed by atoms with van der Waals surface area (Å²) in [5, 5.41) is 0. The number of nitrogens with zero attached hydrogens (tertiary/aromatic N) is 2. The number of hydrogen-bond donors (Lipinski definition) is 1.